The summed E-state index contributed by atoms with van der Waals surface area (Å²) in [5.74, 6) is 1.53. The van der Waals surface area contributed by atoms with Crippen molar-refractivity contribution in [3.05, 3.63) is 218 Å². The summed E-state index contributed by atoms with van der Waals surface area (Å²) < 4.78 is 8.19. The molecule has 9 aromatic carbocycles. The molecule has 284 valence electrons. The van der Waals surface area contributed by atoms with Crippen molar-refractivity contribution >= 4 is 61.3 Å². The van der Waals surface area contributed by atoms with E-state index in [2.05, 4.69) is 177 Å². The standard InChI is InChI=1S/C54H37N5O/c1-3-11-45(12-4-1)58(47-32-25-38(26-33-47)53-56-49-15-7-9-17-51(49)59(53)46-13-5-2-6-14-46)48-34-27-41-35-40(19-20-42(41)36-48)37-21-28-43(29-22-37)55-44-30-23-39(24-31-44)54-57-50-16-8-10-18-52(50)60-54/h1-36,55H. The van der Waals surface area contributed by atoms with E-state index in [1.165, 1.54) is 16.3 Å². The number of aromatic nitrogens is 3. The van der Waals surface area contributed by atoms with Gasteiger partial charge in [-0.3, -0.25) is 4.57 Å². The van der Waals surface area contributed by atoms with Gasteiger partial charge in [-0.1, -0.05) is 91.0 Å². The van der Waals surface area contributed by atoms with Crippen LogP contribution in [0, 0.1) is 0 Å². The molecule has 11 rings (SSSR count). The van der Waals surface area contributed by atoms with Gasteiger partial charge in [-0.15, -0.1) is 0 Å². The minimum atomic E-state index is 0.621. The normalized spacial score (nSPS) is 11.3. The van der Waals surface area contributed by atoms with E-state index in [0.717, 1.165) is 78.8 Å². The van der Waals surface area contributed by atoms with Crippen molar-refractivity contribution in [2.45, 2.75) is 0 Å². The third-order valence-corrected chi connectivity index (χ3v) is 11.0. The topological polar surface area (TPSA) is 59.1 Å². The van der Waals surface area contributed by atoms with Crippen LogP contribution in [0.2, 0.25) is 0 Å². The molecule has 6 nitrogen and oxygen atoms in total. The first-order valence-electron chi connectivity index (χ1n) is 20.1. The zero-order chi connectivity index (χ0) is 39.8. The maximum Gasteiger partial charge on any atom is 0.227 e. The Morgan fingerprint density at radius 2 is 0.983 bits per heavy atom. The molecule has 0 saturated heterocycles. The molecule has 0 aliphatic heterocycles. The second kappa shape index (κ2) is 14.9. The first-order chi connectivity index (χ1) is 29.7. The number of anilines is 5. The molecule has 0 radical (unpaired) electrons. The highest BCUT2D eigenvalue weighted by Crippen LogP contribution is 2.38. The van der Waals surface area contributed by atoms with Gasteiger partial charge in [-0.25, -0.2) is 9.97 Å². The lowest BCUT2D eigenvalue weighted by Crippen LogP contribution is -2.09. The van der Waals surface area contributed by atoms with E-state index in [0.29, 0.717) is 5.89 Å². The number of nitrogens with one attached hydrogen (secondary N) is 1. The molecule has 11 aromatic rings. The molecule has 6 heteroatoms. The molecule has 0 saturated carbocycles. The van der Waals surface area contributed by atoms with Gasteiger partial charge in [-0.2, -0.15) is 0 Å². The van der Waals surface area contributed by atoms with Gasteiger partial charge in [0.1, 0.15) is 11.3 Å². The molecule has 0 spiro atoms. The summed E-state index contributed by atoms with van der Waals surface area (Å²) in [4.78, 5) is 12.0. The lowest BCUT2D eigenvalue weighted by Gasteiger charge is -2.26. The Labute approximate surface area is 347 Å². The van der Waals surface area contributed by atoms with Crippen molar-refractivity contribution in [3.8, 4) is 39.7 Å². The number of benzene rings is 9. The van der Waals surface area contributed by atoms with Crippen molar-refractivity contribution < 1.29 is 4.42 Å². The van der Waals surface area contributed by atoms with Crippen LogP contribution < -0.4 is 10.2 Å². The summed E-state index contributed by atoms with van der Waals surface area (Å²) in [7, 11) is 0. The predicted molar refractivity (Wildman–Crippen MR) is 247 cm³/mol. The maximum absolute atomic E-state index is 5.95. The number of hydrogen-bond acceptors (Lipinski definition) is 5. The number of nitrogens with zero attached hydrogens (tertiary/aromatic N) is 4. The van der Waals surface area contributed by atoms with Gasteiger partial charge in [0, 0.05) is 45.3 Å². The van der Waals surface area contributed by atoms with Crippen molar-refractivity contribution in [1.82, 2.24) is 14.5 Å². The molecule has 0 unspecified atom stereocenters. The molecule has 0 bridgehead atoms. The monoisotopic (exact) mass is 771 g/mol. The minimum Gasteiger partial charge on any atom is -0.436 e. The highest BCUT2D eigenvalue weighted by atomic mass is 16.3. The highest BCUT2D eigenvalue weighted by Gasteiger charge is 2.17. The number of oxazole rings is 1. The Kier molecular flexibility index (Phi) is 8.71. The van der Waals surface area contributed by atoms with Crippen LogP contribution in [0.4, 0.5) is 28.4 Å². The minimum absolute atomic E-state index is 0.621. The molecule has 0 aliphatic rings. The second-order valence-corrected chi connectivity index (χ2v) is 14.8. The molecule has 60 heavy (non-hydrogen) atoms. The lowest BCUT2D eigenvalue weighted by atomic mass is 10.00. The van der Waals surface area contributed by atoms with Gasteiger partial charge in [0.15, 0.2) is 5.58 Å². The fraction of sp³-hybridized carbons (Fsp3) is 0. The van der Waals surface area contributed by atoms with Gasteiger partial charge in [0.2, 0.25) is 5.89 Å². The van der Waals surface area contributed by atoms with E-state index in [-0.39, 0.29) is 0 Å². The molecular weight excluding hydrogens is 735 g/mol. The van der Waals surface area contributed by atoms with Gasteiger partial charge in [0.25, 0.3) is 0 Å². The zero-order valence-corrected chi connectivity index (χ0v) is 32.5. The van der Waals surface area contributed by atoms with E-state index in [4.69, 9.17) is 9.40 Å². The van der Waals surface area contributed by atoms with Gasteiger partial charge < -0.3 is 14.6 Å². The van der Waals surface area contributed by atoms with Crippen LogP contribution >= 0.6 is 0 Å². The van der Waals surface area contributed by atoms with Crippen LogP contribution in [0.15, 0.2) is 223 Å². The predicted octanol–water partition coefficient (Wildman–Crippen LogP) is 14.5. The highest BCUT2D eigenvalue weighted by molar-refractivity contribution is 5.92. The number of imidazole rings is 1. The van der Waals surface area contributed by atoms with Crippen LogP contribution in [-0.2, 0) is 0 Å². The number of hydrogen-bond donors (Lipinski definition) is 1. The van der Waals surface area contributed by atoms with Gasteiger partial charge in [0.05, 0.1) is 11.0 Å². The lowest BCUT2D eigenvalue weighted by molar-refractivity contribution is 0.620. The molecule has 0 atom stereocenters. The summed E-state index contributed by atoms with van der Waals surface area (Å²) in [5.41, 5.74) is 14.3. The molecule has 0 fully saturated rings. The average molecular weight is 772 g/mol. The van der Waals surface area contributed by atoms with Crippen LogP contribution in [0.1, 0.15) is 0 Å². The Morgan fingerprint density at radius 1 is 0.417 bits per heavy atom. The summed E-state index contributed by atoms with van der Waals surface area (Å²) in [6, 6.07) is 76.0. The summed E-state index contributed by atoms with van der Waals surface area (Å²) in [6.45, 7) is 0. The molecule has 1 N–H and O–H groups in total. The first kappa shape index (κ1) is 35.0. The maximum atomic E-state index is 5.95. The van der Waals surface area contributed by atoms with Gasteiger partial charge >= 0.3 is 0 Å². The van der Waals surface area contributed by atoms with E-state index in [1.807, 2.05) is 60.7 Å². The van der Waals surface area contributed by atoms with Crippen LogP contribution in [-0.4, -0.2) is 14.5 Å². The smallest absolute Gasteiger partial charge is 0.227 e. The Hall–Kier alpha value is -8.22. The molecule has 0 aliphatic carbocycles. The van der Waals surface area contributed by atoms with Crippen LogP contribution in [0.3, 0.4) is 0 Å². The van der Waals surface area contributed by atoms with Gasteiger partial charge in [-0.05, 0) is 149 Å². The largest absolute Gasteiger partial charge is 0.436 e. The molecular formula is C54H37N5O. The Bertz CT molecular complexity index is 3230. The van der Waals surface area contributed by atoms with Crippen molar-refractivity contribution in [2.75, 3.05) is 10.2 Å². The first-order valence-corrected chi connectivity index (χ1v) is 20.1. The number of para-hydroxylation sites is 6. The van der Waals surface area contributed by atoms with Crippen molar-refractivity contribution in [3.63, 3.8) is 0 Å². The molecule has 0 amide bonds. The zero-order valence-electron chi connectivity index (χ0n) is 32.5. The summed E-state index contributed by atoms with van der Waals surface area (Å²) in [5, 5.41) is 5.88. The van der Waals surface area contributed by atoms with E-state index in [9.17, 15) is 0 Å². The van der Waals surface area contributed by atoms with Crippen molar-refractivity contribution in [2.24, 2.45) is 0 Å². The SMILES string of the molecule is c1ccc(N(c2ccc(-c3nc4ccccc4n3-c3ccccc3)cc2)c2ccc3cc(-c4ccc(Nc5ccc(-c6nc7ccccc7o6)cc5)cc4)ccc3c2)cc1. The fourth-order valence-corrected chi connectivity index (χ4v) is 8.00. The number of fused-ring (bicyclic) bond motifs is 3. The van der Waals surface area contributed by atoms with E-state index >= 15 is 0 Å². The number of rotatable bonds is 9. The fourth-order valence-electron chi connectivity index (χ4n) is 8.00. The molecule has 2 heterocycles. The van der Waals surface area contributed by atoms with Crippen LogP contribution in [0.5, 0.6) is 0 Å². The summed E-state index contributed by atoms with van der Waals surface area (Å²) >= 11 is 0. The third-order valence-electron chi connectivity index (χ3n) is 11.0. The molecule has 2 aromatic heterocycles. The summed E-state index contributed by atoms with van der Waals surface area (Å²) in [6.07, 6.45) is 0. The van der Waals surface area contributed by atoms with Crippen LogP contribution in [0.25, 0.3) is 72.6 Å². The average Bonchev–Trinajstić information content (AvgIpc) is 3.93. The third kappa shape index (κ3) is 6.62. The van der Waals surface area contributed by atoms with Crippen molar-refractivity contribution in [1.29, 1.82) is 0 Å². The van der Waals surface area contributed by atoms with E-state index < -0.39 is 0 Å². The quantitative estimate of drug-likeness (QED) is 0.158. The Balaban J connectivity index is 0.847. The second-order valence-electron chi connectivity index (χ2n) is 14.8. The Morgan fingerprint density at radius 3 is 1.73 bits per heavy atom. The van der Waals surface area contributed by atoms with E-state index in [1.54, 1.807) is 0 Å².